The summed E-state index contributed by atoms with van der Waals surface area (Å²) < 4.78 is 16.6. The van der Waals surface area contributed by atoms with E-state index in [9.17, 15) is 14.4 Å². The second-order valence-corrected chi connectivity index (χ2v) is 7.87. The molecule has 8 nitrogen and oxygen atoms in total. The Morgan fingerprint density at radius 2 is 1.97 bits per heavy atom. The number of hydrogen-bond donors (Lipinski definition) is 0. The van der Waals surface area contributed by atoms with Crippen molar-refractivity contribution in [2.45, 2.75) is 26.7 Å². The summed E-state index contributed by atoms with van der Waals surface area (Å²) in [5, 5.41) is 0. The summed E-state index contributed by atoms with van der Waals surface area (Å²) in [6.07, 6.45) is 1.44. The molecule has 1 saturated heterocycles. The molecule has 1 aliphatic rings. The van der Waals surface area contributed by atoms with E-state index < -0.39 is 0 Å². The van der Waals surface area contributed by atoms with E-state index in [1.807, 2.05) is 6.92 Å². The molecule has 2 rings (SSSR count). The minimum atomic E-state index is -0.315. The fourth-order valence-corrected chi connectivity index (χ4v) is 3.94. The van der Waals surface area contributed by atoms with E-state index in [4.69, 9.17) is 14.2 Å². The summed E-state index contributed by atoms with van der Waals surface area (Å²) in [7, 11) is 3.08. The third kappa shape index (κ3) is 5.87. The molecule has 0 bridgehead atoms. The largest absolute Gasteiger partial charge is 0.493 e. The molecule has 1 heterocycles. The molecule has 0 radical (unpaired) electrons. The number of esters is 1. The fourth-order valence-electron chi connectivity index (χ4n) is 3.38. The first kappa shape index (κ1) is 24.0. The number of ether oxygens (including phenoxy) is 3. The average Bonchev–Trinajstić information content (AvgIpc) is 2.74. The first-order chi connectivity index (χ1) is 14.3. The van der Waals surface area contributed by atoms with Gasteiger partial charge in [0.15, 0.2) is 11.5 Å². The average molecular weight is 485 g/mol. The zero-order valence-corrected chi connectivity index (χ0v) is 19.5. The van der Waals surface area contributed by atoms with E-state index in [0.29, 0.717) is 54.3 Å². The molecule has 1 unspecified atom stereocenters. The lowest BCUT2D eigenvalue weighted by Gasteiger charge is -2.32. The standard InChI is InChI=1S/C21H29BrN2O6/c1-5-29-19-16(22)10-15(11-17(19)28-4)20(26)23(3)13-18(25)24-9-7-8-14(12-24)21(27)30-6-2/h10-11,14H,5-9,12-13H2,1-4H3. The number of hydrogen-bond acceptors (Lipinski definition) is 6. The van der Waals surface area contributed by atoms with Crippen LogP contribution < -0.4 is 9.47 Å². The van der Waals surface area contributed by atoms with Gasteiger partial charge in [0.2, 0.25) is 5.91 Å². The molecule has 9 heteroatoms. The van der Waals surface area contributed by atoms with Crippen LogP contribution in [0, 0.1) is 5.92 Å². The SMILES string of the molecule is CCOC(=O)C1CCCN(C(=O)CN(C)C(=O)c2cc(Br)c(OCC)c(OC)c2)C1. The van der Waals surface area contributed by atoms with Crippen LogP contribution in [-0.4, -0.2) is 74.6 Å². The van der Waals surface area contributed by atoms with Crippen molar-refractivity contribution in [1.29, 1.82) is 0 Å². The lowest BCUT2D eigenvalue weighted by atomic mass is 9.98. The Bertz CT molecular complexity index is 785. The van der Waals surface area contributed by atoms with Gasteiger partial charge in [0.05, 0.1) is 37.3 Å². The second-order valence-electron chi connectivity index (χ2n) is 7.01. The van der Waals surface area contributed by atoms with Gasteiger partial charge < -0.3 is 24.0 Å². The molecule has 1 aliphatic heterocycles. The molecule has 166 valence electrons. The number of carbonyl (C=O) groups excluding carboxylic acids is 3. The third-order valence-electron chi connectivity index (χ3n) is 4.88. The molecule has 1 fully saturated rings. The first-order valence-corrected chi connectivity index (χ1v) is 10.8. The van der Waals surface area contributed by atoms with Crippen molar-refractivity contribution < 1.29 is 28.6 Å². The van der Waals surface area contributed by atoms with Gasteiger partial charge >= 0.3 is 5.97 Å². The Morgan fingerprint density at radius 1 is 1.23 bits per heavy atom. The second kappa shape index (κ2) is 11.2. The Morgan fingerprint density at radius 3 is 2.60 bits per heavy atom. The summed E-state index contributed by atoms with van der Waals surface area (Å²) in [6, 6.07) is 3.24. The van der Waals surface area contributed by atoms with Crippen molar-refractivity contribution in [2.75, 3.05) is 47.0 Å². The van der Waals surface area contributed by atoms with E-state index >= 15 is 0 Å². The number of likely N-dealkylation sites (N-methyl/N-ethyl adjacent to an activating group) is 1. The Hall–Kier alpha value is -2.29. The number of piperidine rings is 1. The van der Waals surface area contributed by atoms with Crippen molar-refractivity contribution >= 4 is 33.7 Å². The van der Waals surface area contributed by atoms with Crippen LogP contribution in [0.25, 0.3) is 0 Å². The molecule has 0 N–H and O–H groups in total. The molecule has 2 amide bonds. The van der Waals surface area contributed by atoms with Crippen molar-refractivity contribution in [3.05, 3.63) is 22.2 Å². The zero-order chi connectivity index (χ0) is 22.3. The summed E-state index contributed by atoms with van der Waals surface area (Å²) >= 11 is 3.41. The predicted molar refractivity (Wildman–Crippen MR) is 115 cm³/mol. The molecule has 1 aromatic carbocycles. The van der Waals surface area contributed by atoms with E-state index in [1.54, 1.807) is 31.0 Å². The Labute approximate surface area is 185 Å². The minimum absolute atomic E-state index is 0.0818. The molecular weight excluding hydrogens is 456 g/mol. The third-order valence-corrected chi connectivity index (χ3v) is 5.47. The van der Waals surface area contributed by atoms with Crippen LogP contribution in [0.2, 0.25) is 0 Å². The van der Waals surface area contributed by atoms with Crippen LogP contribution in [0.5, 0.6) is 11.5 Å². The Balaban J connectivity index is 2.05. The van der Waals surface area contributed by atoms with Crippen LogP contribution in [0.1, 0.15) is 37.0 Å². The normalized spacial score (nSPS) is 16.0. The van der Waals surface area contributed by atoms with Crippen molar-refractivity contribution in [3.8, 4) is 11.5 Å². The monoisotopic (exact) mass is 484 g/mol. The molecular formula is C21H29BrN2O6. The number of halogens is 1. The van der Waals surface area contributed by atoms with E-state index in [0.717, 1.165) is 6.42 Å². The highest BCUT2D eigenvalue weighted by Gasteiger charge is 2.30. The number of methoxy groups -OCH3 is 1. The number of likely N-dealkylation sites (tertiary alicyclic amines) is 1. The summed E-state index contributed by atoms with van der Waals surface area (Å²) in [5.74, 6) is -0.141. The van der Waals surface area contributed by atoms with Gasteiger partial charge in [0.1, 0.15) is 0 Å². The molecule has 1 atom stereocenters. The fraction of sp³-hybridized carbons (Fsp3) is 0.571. The number of carbonyl (C=O) groups is 3. The molecule has 0 spiro atoms. The topological polar surface area (TPSA) is 85.4 Å². The van der Waals surface area contributed by atoms with Gasteiger partial charge in [-0.2, -0.15) is 0 Å². The maximum Gasteiger partial charge on any atom is 0.310 e. The van der Waals surface area contributed by atoms with Crippen molar-refractivity contribution in [3.63, 3.8) is 0 Å². The highest BCUT2D eigenvalue weighted by atomic mass is 79.9. The number of rotatable bonds is 8. The van der Waals surface area contributed by atoms with Crippen LogP contribution in [-0.2, 0) is 14.3 Å². The highest BCUT2D eigenvalue weighted by Crippen LogP contribution is 2.37. The summed E-state index contributed by atoms with van der Waals surface area (Å²) in [5.41, 5.74) is 0.375. The number of nitrogens with zero attached hydrogens (tertiary/aromatic N) is 2. The van der Waals surface area contributed by atoms with Crippen LogP contribution in [0.3, 0.4) is 0 Å². The van der Waals surface area contributed by atoms with Gasteiger partial charge in [-0.1, -0.05) is 0 Å². The number of benzene rings is 1. The maximum absolute atomic E-state index is 12.9. The summed E-state index contributed by atoms with van der Waals surface area (Å²) in [4.78, 5) is 40.6. The van der Waals surface area contributed by atoms with Crippen molar-refractivity contribution in [2.24, 2.45) is 5.92 Å². The lowest BCUT2D eigenvalue weighted by molar-refractivity contribution is -0.151. The Kier molecular flexibility index (Phi) is 8.95. The molecule has 0 aromatic heterocycles. The zero-order valence-electron chi connectivity index (χ0n) is 17.9. The van der Waals surface area contributed by atoms with Crippen molar-refractivity contribution in [1.82, 2.24) is 9.80 Å². The minimum Gasteiger partial charge on any atom is -0.493 e. The van der Waals surface area contributed by atoms with Crippen LogP contribution in [0.4, 0.5) is 0 Å². The van der Waals surface area contributed by atoms with Gasteiger partial charge in [-0.05, 0) is 54.8 Å². The van der Waals surface area contributed by atoms with Crippen LogP contribution in [0.15, 0.2) is 16.6 Å². The van der Waals surface area contributed by atoms with Crippen LogP contribution >= 0.6 is 15.9 Å². The quantitative estimate of drug-likeness (QED) is 0.527. The molecule has 1 aromatic rings. The van der Waals surface area contributed by atoms with E-state index in [1.165, 1.54) is 12.0 Å². The first-order valence-electron chi connectivity index (χ1n) is 10.0. The van der Waals surface area contributed by atoms with Gasteiger partial charge in [-0.15, -0.1) is 0 Å². The van der Waals surface area contributed by atoms with E-state index in [-0.39, 0.29) is 30.2 Å². The molecule has 30 heavy (non-hydrogen) atoms. The molecule has 0 saturated carbocycles. The maximum atomic E-state index is 12.9. The lowest BCUT2D eigenvalue weighted by Crippen LogP contribution is -2.47. The van der Waals surface area contributed by atoms with Gasteiger partial charge in [0, 0.05) is 25.7 Å². The smallest absolute Gasteiger partial charge is 0.310 e. The number of amides is 2. The highest BCUT2D eigenvalue weighted by molar-refractivity contribution is 9.10. The van der Waals surface area contributed by atoms with Gasteiger partial charge in [-0.3, -0.25) is 14.4 Å². The molecule has 0 aliphatic carbocycles. The van der Waals surface area contributed by atoms with Gasteiger partial charge in [0.25, 0.3) is 5.91 Å². The predicted octanol–water partition coefficient (Wildman–Crippen LogP) is 2.73. The van der Waals surface area contributed by atoms with Gasteiger partial charge in [-0.25, -0.2) is 0 Å². The summed E-state index contributed by atoms with van der Waals surface area (Å²) in [6.45, 7) is 5.21. The van der Waals surface area contributed by atoms with E-state index in [2.05, 4.69) is 15.9 Å².